The number of nitro groups is 1. The van der Waals surface area contributed by atoms with Gasteiger partial charge in [0.2, 0.25) is 0 Å². The van der Waals surface area contributed by atoms with Crippen molar-refractivity contribution in [1.29, 1.82) is 0 Å². The zero-order valence-electron chi connectivity index (χ0n) is 11.7. The number of hydrogen-bond acceptors (Lipinski definition) is 7. The van der Waals surface area contributed by atoms with Crippen molar-refractivity contribution in [2.45, 2.75) is 13.5 Å². The van der Waals surface area contributed by atoms with Gasteiger partial charge in [-0.3, -0.25) is 20.5 Å². The highest BCUT2D eigenvalue weighted by molar-refractivity contribution is 5.86. The number of aromatic nitrogens is 1. The van der Waals surface area contributed by atoms with Crippen LogP contribution in [0.3, 0.4) is 0 Å². The van der Waals surface area contributed by atoms with Crippen molar-refractivity contribution in [1.82, 2.24) is 4.98 Å². The second kappa shape index (κ2) is 6.64. The molecule has 0 radical (unpaired) electrons. The summed E-state index contributed by atoms with van der Waals surface area (Å²) in [6.45, 7) is 1.33. The van der Waals surface area contributed by atoms with Gasteiger partial charge in [0.25, 0.3) is 5.69 Å². The smallest absolute Gasteiger partial charge is 0.271 e. The van der Waals surface area contributed by atoms with Crippen LogP contribution in [-0.4, -0.2) is 26.3 Å². The summed E-state index contributed by atoms with van der Waals surface area (Å²) in [4.78, 5) is 14.1. The van der Waals surface area contributed by atoms with Crippen LogP contribution in [0.1, 0.15) is 16.8 Å². The average molecular weight is 302 g/mol. The molecule has 3 N–H and O–H groups in total. The fourth-order valence-electron chi connectivity index (χ4n) is 1.78. The Morgan fingerprint density at radius 2 is 2.27 bits per heavy atom. The lowest BCUT2D eigenvalue weighted by Crippen LogP contribution is -1.99. The van der Waals surface area contributed by atoms with Crippen LogP contribution in [0.5, 0.6) is 5.75 Å². The molecule has 0 aliphatic rings. The number of anilines is 1. The van der Waals surface area contributed by atoms with Gasteiger partial charge in [-0.05, 0) is 13.0 Å². The molecule has 0 bridgehead atoms. The Morgan fingerprint density at radius 3 is 2.95 bits per heavy atom. The van der Waals surface area contributed by atoms with E-state index in [4.69, 9.17) is 0 Å². The summed E-state index contributed by atoms with van der Waals surface area (Å²) in [7, 11) is 0. The summed E-state index contributed by atoms with van der Waals surface area (Å²) in [5.74, 6) is -0.0730. The van der Waals surface area contributed by atoms with Crippen LogP contribution < -0.4 is 5.43 Å². The number of aliphatic hydroxyl groups is 1. The fourth-order valence-corrected chi connectivity index (χ4v) is 1.78. The van der Waals surface area contributed by atoms with Crippen LogP contribution in [0.4, 0.5) is 11.4 Å². The molecule has 0 fully saturated rings. The number of non-ortho nitro benzene ring substituents is 1. The number of rotatable bonds is 5. The van der Waals surface area contributed by atoms with E-state index >= 15 is 0 Å². The third-order valence-corrected chi connectivity index (χ3v) is 2.97. The number of nitro benzene ring substituents is 1. The first-order valence-corrected chi connectivity index (χ1v) is 6.34. The molecule has 0 amide bonds. The first kappa shape index (κ1) is 15.4. The van der Waals surface area contributed by atoms with Gasteiger partial charge in [0.05, 0.1) is 29.1 Å². The molecule has 0 saturated heterocycles. The van der Waals surface area contributed by atoms with Gasteiger partial charge in [0.1, 0.15) is 5.75 Å². The Bertz CT molecular complexity index is 731. The molecule has 0 aliphatic heterocycles. The molecular formula is C14H14N4O4. The van der Waals surface area contributed by atoms with E-state index in [-0.39, 0.29) is 18.0 Å². The predicted molar refractivity (Wildman–Crippen MR) is 80.9 cm³/mol. The van der Waals surface area contributed by atoms with Crippen molar-refractivity contribution in [2.24, 2.45) is 5.10 Å². The van der Waals surface area contributed by atoms with Gasteiger partial charge in [0.15, 0.2) is 0 Å². The van der Waals surface area contributed by atoms with E-state index in [0.29, 0.717) is 22.5 Å². The van der Waals surface area contributed by atoms with Gasteiger partial charge < -0.3 is 10.2 Å². The zero-order valence-corrected chi connectivity index (χ0v) is 11.7. The minimum atomic E-state index is -0.503. The van der Waals surface area contributed by atoms with Crippen molar-refractivity contribution < 1.29 is 15.1 Å². The van der Waals surface area contributed by atoms with Crippen molar-refractivity contribution in [3.8, 4) is 5.75 Å². The number of hydrazone groups is 1. The molecule has 1 aromatic heterocycles. The Hall–Kier alpha value is -3.00. The van der Waals surface area contributed by atoms with Gasteiger partial charge in [-0.25, -0.2) is 0 Å². The normalized spacial score (nSPS) is 10.8. The maximum Gasteiger partial charge on any atom is 0.271 e. The number of aryl methyl sites for hydroxylation is 1. The lowest BCUT2D eigenvalue weighted by Gasteiger charge is -2.07. The molecule has 0 spiro atoms. The van der Waals surface area contributed by atoms with Gasteiger partial charge in [-0.2, -0.15) is 5.10 Å². The first-order chi connectivity index (χ1) is 10.5. The summed E-state index contributed by atoms with van der Waals surface area (Å²) < 4.78 is 0. The Kier molecular flexibility index (Phi) is 4.64. The number of aliphatic hydroxyl groups excluding tert-OH is 1. The van der Waals surface area contributed by atoms with Crippen LogP contribution in [0.25, 0.3) is 0 Å². The highest BCUT2D eigenvalue weighted by atomic mass is 16.6. The fraction of sp³-hybridized carbons (Fsp3) is 0.143. The highest BCUT2D eigenvalue weighted by Gasteiger charge is 2.09. The Balaban J connectivity index is 2.21. The molecule has 0 atom stereocenters. The molecule has 0 aliphatic carbocycles. The van der Waals surface area contributed by atoms with E-state index in [0.717, 1.165) is 0 Å². The predicted octanol–water partition coefficient (Wildman–Crippen LogP) is 1.94. The van der Waals surface area contributed by atoms with Gasteiger partial charge in [-0.15, -0.1) is 0 Å². The van der Waals surface area contributed by atoms with Crippen molar-refractivity contribution in [3.05, 3.63) is 57.4 Å². The first-order valence-electron chi connectivity index (χ1n) is 6.34. The molecule has 22 heavy (non-hydrogen) atoms. The van der Waals surface area contributed by atoms with E-state index in [9.17, 15) is 20.3 Å². The number of nitrogens with one attached hydrogen (secondary N) is 1. The van der Waals surface area contributed by atoms with Crippen LogP contribution in [0, 0.1) is 17.0 Å². The molecule has 1 aromatic carbocycles. The van der Waals surface area contributed by atoms with E-state index in [1.54, 1.807) is 13.0 Å². The third kappa shape index (κ3) is 3.36. The molecule has 2 rings (SSSR count). The Labute approximate surface area is 125 Å². The summed E-state index contributed by atoms with van der Waals surface area (Å²) in [6.07, 6.45) is 2.78. The largest absolute Gasteiger partial charge is 0.505 e. The second-order valence-electron chi connectivity index (χ2n) is 4.47. The number of nitrogens with zero attached hydrogens (tertiary/aromatic N) is 3. The van der Waals surface area contributed by atoms with Gasteiger partial charge >= 0.3 is 0 Å². The maximum absolute atomic E-state index is 10.7. The van der Waals surface area contributed by atoms with E-state index in [1.165, 1.54) is 30.6 Å². The summed E-state index contributed by atoms with van der Waals surface area (Å²) in [6, 6.07) is 5.86. The monoisotopic (exact) mass is 302 g/mol. The number of pyridine rings is 1. The lowest BCUT2D eigenvalue weighted by atomic mass is 10.1. The van der Waals surface area contributed by atoms with E-state index in [2.05, 4.69) is 15.5 Å². The van der Waals surface area contributed by atoms with E-state index in [1.807, 2.05) is 0 Å². The van der Waals surface area contributed by atoms with Crippen LogP contribution in [0.2, 0.25) is 0 Å². The highest BCUT2D eigenvalue weighted by Crippen LogP contribution is 2.22. The summed E-state index contributed by atoms with van der Waals surface area (Å²) in [5.41, 5.74) is 4.19. The quantitative estimate of drug-likeness (QED) is 0.441. The lowest BCUT2D eigenvalue weighted by molar-refractivity contribution is -0.384. The number of aromatic hydroxyl groups is 1. The molecule has 0 unspecified atom stereocenters. The number of benzene rings is 1. The molecule has 1 heterocycles. The summed E-state index contributed by atoms with van der Waals surface area (Å²) >= 11 is 0. The number of hydrogen-bond donors (Lipinski definition) is 3. The van der Waals surface area contributed by atoms with Gasteiger partial charge in [0, 0.05) is 29.5 Å². The maximum atomic E-state index is 10.7. The topological polar surface area (TPSA) is 121 Å². The third-order valence-electron chi connectivity index (χ3n) is 2.97. The van der Waals surface area contributed by atoms with Crippen LogP contribution in [0.15, 0.2) is 35.6 Å². The van der Waals surface area contributed by atoms with Crippen LogP contribution in [-0.2, 0) is 6.61 Å². The molecule has 8 heteroatoms. The second-order valence-corrected chi connectivity index (χ2v) is 4.47. The van der Waals surface area contributed by atoms with Crippen molar-refractivity contribution >= 4 is 17.6 Å². The molecule has 2 aromatic rings. The minimum Gasteiger partial charge on any atom is -0.505 e. The standard InChI is InChI=1S/C14H14N4O4/c1-9-14(20)13(10(8-19)6-15-9)7-16-17-11-3-2-4-12(5-11)18(21)22/h2-7,17,19-20H,8H2,1H3/b16-7+. The molecular weight excluding hydrogens is 288 g/mol. The summed E-state index contributed by atoms with van der Waals surface area (Å²) in [5, 5.41) is 33.8. The van der Waals surface area contributed by atoms with Gasteiger partial charge in [-0.1, -0.05) is 6.07 Å². The van der Waals surface area contributed by atoms with Crippen LogP contribution >= 0.6 is 0 Å². The Morgan fingerprint density at radius 1 is 1.50 bits per heavy atom. The molecule has 0 saturated carbocycles. The SMILES string of the molecule is Cc1ncc(CO)c(/C=N/Nc2cccc([N+](=O)[O-])c2)c1O. The average Bonchev–Trinajstić information content (AvgIpc) is 2.52. The van der Waals surface area contributed by atoms with Crippen molar-refractivity contribution in [3.63, 3.8) is 0 Å². The molecule has 114 valence electrons. The zero-order chi connectivity index (χ0) is 16.1. The minimum absolute atomic E-state index is 0.0566. The van der Waals surface area contributed by atoms with Crippen molar-refractivity contribution in [2.75, 3.05) is 5.43 Å². The van der Waals surface area contributed by atoms with E-state index < -0.39 is 4.92 Å². The molecule has 8 nitrogen and oxygen atoms in total.